The van der Waals surface area contributed by atoms with Crippen molar-refractivity contribution in [3.63, 3.8) is 0 Å². The van der Waals surface area contributed by atoms with Crippen LogP contribution in [0.2, 0.25) is 0 Å². The van der Waals surface area contributed by atoms with Crippen LogP contribution < -0.4 is 20.1 Å². The minimum atomic E-state index is -0.117. The summed E-state index contributed by atoms with van der Waals surface area (Å²) in [6.45, 7) is 10.9. The lowest BCUT2D eigenvalue weighted by Crippen LogP contribution is -2.44. The number of aliphatic imine (C=N–C) groups is 1. The average Bonchev–Trinajstić information content (AvgIpc) is 3.00. The van der Waals surface area contributed by atoms with Crippen molar-refractivity contribution in [2.24, 2.45) is 4.99 Å². The number of benzene rings is 1. The van der Waals surface area contributed by atoms with E-state index in [0.717, 1.165) is 24.0 Å². The van der Waals surface area contributed by atoms with Gasteiger partial charge < -0.3 is 24.8 Å². The maximum Gasteiger partial charge on any atom is 0.231 e. The van der Waals surface area contributed by atoms with Gasteiger partial charge in [-0.15, -0.1) is 0 Å². The molecular weight excluding hydrogens is 306 g/mol. The molecule has 1 aromatic rings. The molecule has 0 aliphatic carbocycles. The highest BCUT2D eigenvalue weighted by Crippen LogP contribution is 2.36. The zero-order valence-corrected chi connectivity index (χ0v) is 15.3. The average molecular weight is 335 g/mol. The number of hydrogen-bond donors (Lipinski definition) is 2. The molecule has 0 amide bonds. The van der Waals surface area contributed by atoms with Crippen LogP contribution in [-0.2, 0) is 10.2 Å². The summed E-state index contributed by atoms with van der Waals surface area (Å²) in [5.74, 6) is 2.42. The topological polar surface area (TPSA) is 64.1 Å². The van der Waals surface area contributed by atoms with E-state index in [1.165, 1.54) is 5.56 Å². The summed E-state index contributed by atoms with van der Waals surface area (Å²) in [7, 11) is 1.70. The van der Waals surface area contributed by atoms with E-state index in [1.54, 1.807) is 7.11 Å². The van der Waals surface area contributed by atoms with Crippen molar-refractivity contribution in [3.05, 3.63) is 23.8 Å². The van der Waals surface area contributed by atoms with Crippen LogP contribution in [0.25, 0.3) is 0 Å². The SMILES string of the molecule is CCNC(=NCC(C)(C)c1ccc2c(c1)OCO2)NC(C)COC. The molecule has 1 atom stereocenters. The standard InChI is InChI=1S/C18H29N3O3/c1-6-19-17(21-13(2)10-22-5)20-11-18(3,4)14-7-8-15-16(9-14)24-12-23-15/h7-9,13H,6,10-12H2,1-5H3,(H2,19,20,21). The van der Waals surface area contributed by atoms with Crippen LogP contribution in [0.15, 0.2) is 23.2 Å². The molecule has 0 saturated heterocycles. The summed E-state index contributed by atoms with van der Waals surface area (Å²) in [5, 5.41) is 6.63. The second kappa shape index (κ2) is 8.24. The quantitative estimate of drug-likeness (QED) is 0.591. The van der Waals surface area contributed by atoms with Gasteiger partial charge in [0.05, 0.1) is 13.2 Å². The van der Waals surface area contributed by atoms with Crippen molar-refractivity contribution in [1.29, 1.82) is 0 Å². The number of nitrogens with one attached hydrogen (secondary N) is 2. The fourth-order valence-electron chi connectivity index (χ4n) is 2.53. The summed E-state index contributed by atoms with van der Waals surface area (Å²) >= 11 is 0. The molecule has 1 aliphatic heterocycles. The van der Waals surface area contributed by atoms with Gasteiger partial charge in [-0.2, -0.15) is 0 Å². The van der Waals surface area contributed by atoms with Crippen LogP contribution in [0.3, 0.4) is 0 Å². The van der Waals surface area contributed by atoms with Gasteiger partial charge in [-0.3, -0.25) is 4.99 Å². The van der Waals surface area contributed by atoms with E-state index in [0.29, 0.717) is 19.9 Å². The molecule has 1 aliphatic rings. The molecule has 2 rings (SSSR count). The van der Waals surface area contributed by atoms with Gasteiger partial charge in [0.1, 0.15) is 0 Å². The van der Waals surface area contributed by atoms with E-state index in [4.69, 9.17) is 19.2 Å². The first-order valence-corrected chi connectivity index (χ1v) is 8.40. The van der Waals surface area contributed by atoms with Gasteiger partial charge >= 0.3 is 0 Å². The third-order valence-electron chi connectivity index (χ3n) is 3.93. The molecule has 0 spiro atoms. The third-order valence-corrected chi connectivity index (χ3v) is 3.93. The lowest BCUT2D eigenvalue weighted by molar-refractivity contribution is 0.174. The highest BCUT2D eigenvalue weighted by atomic mass is 16.7. The van der Waals surface area contributed by atoms with E-state index < -0.39 is 0 Å². The van der Waals surface area contributed by atoms with Crippen LogP contribution in [-0.4, -0.2) is 45.6 Å². The van der Waals surface area contributed by atoms with E-state index in [-0.39, 0.29) is 11.5 Å². The number of hydrogen-bond acceptors (Lipinski definition) is 4. The van der Waals surface area contributed by atoms with Crippen LogP contribution in [0, 0.1) is 0 Å². The van der Waals surface area contributed by atoms with E-state index in [2.05, 4.69) is 44.4 Å². The Labute approximate surface area is 144 Å². The highest BCUT2D eigenvalue weighted by Gasteiger charge is 2.24. The summed E-state index contributed by atoms with van der Waals surface area (Å²) in [4.78, 5) is 4.74. The van der Waals surface area contributed by atoms with Crippen molar-refractivity contribution in [2.45, 2.75) is 39.2 Å². The minimum absolute atomic E-state index is 0.117. The van der Waals surface area contributed by atoms with Gasteiger partial charge in [0, 0.05) is 25.1 Å². The van der Waals surface area contributed by atoms with E-state index >= 15 is 0 Å². The summed E-state index contributed by atoms with van der Waals surface area (Å²) in [5.41, 5.74) is 1.06. The molecule has 1 unspecified atom stereocenters. The summed E-state index contributed by atoms with van der Waals surface area (Å²) in [6.07, 6.45) is 0. The first-order chi connectivity index (χ1) is 11.5. The maximum absolute atomic E-state index is 5.48. The molecule has 0 fully saturated rings. The number of nitrogens with zero attached hydrogens (tertiary/aromatic N) is 1. The Morgan fingerprint density at radius 3 is 2.79 bits per heavy atom. The predicted molar refractivity (Wildman–Crippen MR) is 96.0 cm³/mol. The number of rotatable bonds is 7. The second-order valence-electron chi connectivity index (χ2n) is 6.65. The maximum atomic E-state index is 5.48. The van der Waals surface area contributed by atoms with Gasteiger partial charge in [0.15, 0.2) is 17.5 Å². The van der Waals surface area contributed by atoms with Gasteiger partial charge in [0.2, 0.25) is 6.79 Å². The van der Waals surface area contributed by atoms with Crippen LogP contribution in [0.5, 0.6) is 11.5 Å². The fraction of sp³-hybridized carbons (Fsp3) is 0.611. The Hall–Kier alpha value is -1.95. The van der Waals surface area contributed by atoms with Gasteiger partial charge in [0.25, 0.3) is 0 Å². The number of fused-ring (bicyclic) bond motifs is 1. The van der Waals surface area contributed by atoms with E-state index in [1.807, 2.05) is 12.1 Å². The molecule has 6 nitrogen and oxygen atoms in total. The molecule has 1 heterocycles. The molecule has 134 valence electrons. The smallest absolute Gasteiger partial charge is 0.231 e. The molecule has 0 bridgehead atoms. The molecule has 0 radical (unpaired) electrons. The van der Waals surface area contributed by atoms with E-state index in [9.17, 15) is 0 Å². The van der Waals surface area contributed by atoms with Crippen molar-refractivity contribution in [1.82, 2.24) is 10.6 Å². The van der Waals surface area contributed by atoms with Crippen LogP contribution >= 0.6 is 0 Å². The zero-order valence-electron chi connectivity index (χ0n) is 15.3. The van der Waals surface area contributed by atoms with Gasteiger partial charge in [-0.1, -0.05) is 19.9 Å². The second-order valence-corrected chi connectivity index (χ2v) is 6.65. The Balaban J connectivity index is 2.07. The Morgan fingerprint density at radius 1 is 1.33 bits per heavy atom. The summed E-state index contributed by atoms with van der Waals surface area (Å²) < 4.78 is 16.0. The predicted octanol–water partition coefficient (Wildman–Crippen LogP) is 2.28. The zero-order chi connectivity index (χ0) is 17.6. The number of guanidine groups is 1. The monoisotopic (exact) mass is 335 g/mol. The lowest BCUT2D eigenvalue weighted by atomic mass is 9.84. The van der Waals surface area contributed by atoms with Crippen molar-refractivity contribution < 1.29 is 14.2 Å². The highest BCUT2D eigenvalue weighted by molar-refractivity contribution is 5.80. The normalized spacial score (nSPS) is 15.3. The number of methoxy groups -OCH3 is 1. The van der Waals surface area contributed by atoms with Gasteiger partial charge in [-0.05, 0) is 31.5 Å². The van der Waals surface area contributed by atoms with Crippen molar-refractivity contribution >= 4 is 5.96 Å². The minimum Gasteiger partial charge on any atom is -0.454 e. The molecule has 0 saturated carbocycles. The Kier molecular flexibility index (Phi) is 6.31. The Morgan fingerprint density at radius 2 is 2.08 bits per heavy atom. The van der Waals surface area contributed by atoms with Crippen LogP contribution in [0.4, 0.5) is 0 Å². The first-order valence-electron chi connectivity index (χ1n) is 8.40. The third kappa shape index (κ3) is 4.77. The van der Waals surface area contributed by atoms with Gasteiger partial charge in [-0.25, -0.2) is 0 Å². The molecule has 24 heavy (non-hydrogen) atoms. The molecule has 0 aromatic heterocycles. The molecule has 1 aromatic carbocycles. The Bertz CT molecular complexity index is 573. The fourth-order valence-corrected chi connectivity index (χ4v) is 2.53. The lowest BCUT2D eigenvalue weighted by Gasteiger charge is -2.25. The van der Waals surface area contributed by atoms with Crippen molar-refractivity contribution in [3.8, 4) is 11.5 Å². The first kappa shape index (κ1) is 18.4. The molecule has 6 heteroatoms. The van der Waals surface area contributed by atoms with Crippen molar-refractivity contribution in [2.75, 3.05) is 33.6 Å². The molecular formula is C18H29N3O3. The molecule has 2 N–H and O–H groups in total. The largest absolute Gasteiger partial charge is 0.454 e. The number of ether oxygens (including phenoxy) is 3. The summed E-state index contributed by atoms with van der Waals surface area (Å²) in [6, 6.07) is 6.29. The van der Waals surface area contributed by atoms with Crippen LogP contribution in [0.1, 0.15) is 33.3 Å².